The molecule has 0 fully saturated rings. The van der Waals surface area contributed by atoms with Crippen LogP contribution in [0.15, 0.2) is 48.5 Å². The molecular formula is C26H32N2O5. The molecule has 0 saturated heterocycles. The first-order chi connectivity index (χ1) is 15.6. The monoisotopic (exact) mass is 452 g/mol. The maximum Gasteiger partial charge on any atom is 0.407 e. The summed E-state index contributed by atoms with van der Waals surface area (Å²) >= 11 is 0. The molecule has 33 heavy (non-hydrogen) atoms. The summed E-state index contributed by atoms with van der Waals surface area (Å²) in [5, 5.41) is 14.6. The van der Waals surface area contributed by atoms with E-state index in [0.29, 0.717) is 0 Å². The number of hydrogen-bond acceptors (Lipinski definition) is 4. The summed E-state index contributed by atoms with van der Waals surface area (Å²) in [5.41, 5.74) is 3.58. The molecule has 0 radical (unpaired) electrons. The van der Waals surface area contributed by atoms with E-state index < -0.39 is 23.5 Å². The highest BCUT2D eigenvalue weighted by Gasteiger charge is 2.31. The van der Waals surface area contributed by atoms with Crippen LogP contribution in [0, 0.1) is 11.3 Å². The van der Waals surface area contributed by atoms with Crippen molar-refractivity contribution in [2.75, 3.05) is 13.2 Å². The van der Waals surface area contributed by atoms with Crippen LogP contribution in [0.5, 0.6) is 0 Å². The molecule has 2 aromatic rings. The van der Waals surface area contributed by atoms with Crippen LogP contribution in [0.4, 0.5) is 4.79 Å². The molecule has 0 aromatic heterocycles. The lowest BCUT2D eigenvalue weighted by molar-refractivity contribution is -0.147. The summed E-state index contributed by atoms with van der Waals surface area (Å²) in [4.78, 5) is 36.4. The Balaban J connectivity index is 1.59. The minimum absolute atomic E-state index is 0.0623. The Morgan fingerprint density at radius 2 is 1.55 bits per heavy atom. The van der Waals surface area contributed by atoms with E-state index in [0.717, 1.165) is 22.3 Å². The van der Waals surface area contributed by atoms with Gasteiger partial charge in [-0.05, 0) is 48.4 Å². The van der Waals surface area contributed by atoms with Gasteiger partial charge in [-0.3, -0.25) is 9.59 Å². The van der Waals surface area contributed by atoms with E-state index in [2.05, 4.69) is 22.8 Å². The van der Waals surface area contributed by atoms with Gasteiger partial charge in [0.2, 0.25) is 5.91 Å². The molecule has 2 aromatic carbocycles. The van der Waals surface area contributed by atoms with Crippen LogP contribution < -0.4 is 10.6 Å². The van der Waals surface area contributed by atoms with Crippen LogP contribution in [-0.4, -0.2) is 42.3 Å². The number of aliphatic carboxylic acids is 1. The highest BCUT2D eigenvalue weighted by molar-refractivity contribution is 5.86. The molecule has 0 spiro atoms. The van der Waals surface area contributed by atoms with E-state index in [1.165, 1.54) is 0 Å². The number of ether oxygens (including phenoxy) is 1. The lowest BCUT2D eigenvalue weighted by Gasteiger charge is -2.24. The van der Waals surface area contributed by atoms with Crippen molar-refractivity contribution in [1.29, 1.82) is 0 Å². The highest BCUT2D eigenvalue weighted by atomic mass is 16.5. The molecule has 3 N–H and O–H groups in total. The predicted octanol–water partition coefficient (Wildman–Crippen LogP) is 4.17. The van der Waals surface area contributed by atoms with Crippen molar-refractivity contribution < 1.29 is 24.2 Å². The van der Waals surface area contributed by atoms with Crippen molar-refractivity contribution in [1.82, 2.24) is 10.6 Å². The average Bonchev–Trinajstić information content (AvgIpc) is 3.09. The second kappa shape index (κ2) is 10.1. The molecule has 1 aliphatic carbocycles. The number of nitrogens with one attached hydrogen (secondary N) is 2. The van der Waals surface area contributed by atoms with Crippen molar-refractivity contribution in [3.8, 4) is 11.1 Å². The second-order valence-corrected chi connectivity index (χ2v) is 9.42. The van der Waals surface area contributed by atoms with E-state index in [-0.39, 0.29) is 37.3 Å². The fraction of sp³-hybridized carbons (Fsp3) is 0.423. The summed E-state index contributed by atoms with van der Waals surface area (Å²) in [7, 11) is 0. The van der Waals surface area contributed by atoms with Crippen LogP contribution in [0.1, 0.15) is 51.2 Å². The predicted molar refractivity (Wildman–Crippen MR) is 126 cm³/mol. The number of carboxylic acid groups (broad SMARTS) is 1. The number of carbonyl (C=O) groups is 3. The molecule has 0 aliphatic heterocycles. The Morgan fingerprint density at radius 1 is 1.00 bits per heavy atom. The summed E-state index contributed by atoms with van der Waals surface area (Å²) in [6.07, 6.45) is -0.374. The van der Waals surface area contributed by atoms with Crippen molar-refractivity contribution in [3.05, 3.63) is 59.7 Å². The maximum atomic E-state index is 12.6. The van der Waals surface area contributed by atoms with Crippen LogP contribution >= 0.6 is 0 Å². The second-order valence-electron chi connectivity index (χ2n) is 9.42. The zero-order valence-electron chi connectivity index (χ0n) is 19.6. The number of rotatable bonds is 9. The minimum Gasteiger partial charge on any atom is -0.481 e. The maximum absolute atomic E-state index is 12.6. The van der Waals surface area contributed by atoms with E-state index in [9.17, 15) is 19.5 Å². The molecule has 3 rings (SSSR count). The number of carboxylic acids is 1. The quantitative estimate of drug-likeness (QED) is 0.530. The Kier molecular flexibility index (Phi) is 7.41. The molecule has 0 heterocycles. The van der Waals surface area contributed by atoms with Gasteiger partial charge in [-0.15, -0.1) is 0 Å². The van der Waals surface area contributed by atoms with E-state index in [1.54, 1.807) is 13.8 Å². The Labute approximate surface area is 194 Å². The fourth-order valence-electron chi connectivity index (χ4n) is 4.02. The highest BCUT2D eigenvalue weighted by Crippen LogP contribution is 2.44. The summed E-state index contributed by atoms with van der Waals surface area (Å²) in [6.45, 7) is 7.24. The Morgan fingerprint density at radius 3 is 2.06 bits per heavy atom. The van der Waals surface area contributed by atoms with Crippen molar-refractivity contribution in [3.63, 3.8) is 0 Å². The van der Waals surface area contributed by atoms with Crippen LogP contribution in [0.25, 0.3) is 11.1 Å². The SMILES string of the molecule is CC(C)[C@@H](NC(=O)OCC1c2ccccc2-c2ccccc21)C(=O)NCCC(C)(C)C(=O)O. The van der Waals surface area contributed by atoms with Gasteiger partial charge >= 0.3 is 12.1 Å². The van der Waals surface area contributed by atoms with Gasteiger partial charge in [0.25, 0.3) is 0 Å². The van der Waals surface area contributed by atoms with E-state index >= 15 is 0 Å². The molecular weight excluding hydrogens is 420 g/mol. The lowest BCUT2D eigenvalue weighted by atomic mass is 9.89. The molecule has 7 heteroatoms. The zero-order chi connectivity index (χ0) is 24.2. The molecule has 7 nitrogen and oxygen atoms in total. The Hall–Kier alpha value is -3.35. The molecule has 0 unspecified atom stereocenters. The van der Waals surface area contributed by atoms with Crippen LogP contribution in [0.3, 0.4) is 0 Å². The third-order valence-corrected chi connectivity index (χ3v) is 6.19. The number of fused-ring (bicyclic) bond motifs is 3. The minimum atomic E-state index is -0.944. The number of benzene rings is 2. The van der Waals surface area contributed by atoms with Crippen LogP contribution in [0.2, 0.25) is 0 Å². The molecule has 1 atom stereocenters. The van der Waals surface area contributed by atoms with Gasteiger partial charge < -0.3 is 20.5 Å². The first kappa shape index (κ1) is 24.3. The van der Waals surface area contributed by atoms with Gasteiger partial charge in [0, 0.05) is 12.5 Å². The standard InChI is InChI=1S/C26H32N2O5/c1-16(2)22(23(29)27-14-13-26(3,4)24(30)31)28-25(32)33-15-21-19-11-7-5-9-17(19)18-10-6-8-12-20(18)21/h5-12,16,21-22H,13-15H2,1-4H3,(H,27,29)(H,28,32)(H,30,31)/t22-/m1/s1. The fourth-order valence-corrected chi connectivity index (χ4v) is 4.02. The first-order valence-corrected chi connectivity index (χ1v) is 11.2. The number of amides is 2. The smallest absolute Gasteiger partial charge is 0.407 e. The van der Waals surface area contributed by atoms with E-state index in [4.69, 9.17) is 4.74 Å². The topological polar surface area (TPSA) is 105 Å². The van der Waals surface area contributed by atoms with Crippen molar-refractivity contribution in [2.24, 2.45) is 11.3 Å². The Bertz CT molecular complexity index is 985. The van der Waals surface area contributed by atoms with Crippen molar-refractivity contribution >= 4 is 18.0 Å². The summed E-state index contributed by atoms with van der Waals surface area (Å²) in [5.74, 6) is -1.51. The van der Waals surface area contributed by atoms with Gasteiger partial charge in [0.15, 0.2) is 0 Å². The van der Waals surface area contributed by atoms with Gasteiger partial charge in [-0.2, -0.15) is 0 Å². The third-order valence-electron chi connectivity index (χ3n) is 6.19. The largest absolute Gasteiger partial charge is 0.481 e. The normalized spacial score (nSPS) is 13.7. The zero-order valence-corrected chi connectivity index (χ0v) is 19.6. The van der Waals surface area contributed by atoms with Gasteiger partial charge in [-0.25, -0.2) is 4.79 Å². The van der Waals surface area contributed by atoms with Crippen LogP contribution in [-0.2, 0) is 14.3 Å². The average molecular weight is 453 g/mol. The van der Waals surface area contributed by atoms with E-state index in [1.807, 2.05) is 50.2 Å². The van der Waals surface area contributed by atoms with Gasteiger partial charge in [-0.1, -0.05) is 62.4 Å². The summed E-state index contributed by atoms with van der Waals surface area (Å²) in [6, 6.07) is 15.4. The first-order valence-electron chi connectivity index (χ1n) is 11.2. The number of carbonyl (C=O) groups excluding carboxylic acids is 2. The number of hydrogen-bond donors (Lipinski definition) is 3. The number of alkyl carbamates (subject to hydrolysis) is 1. The summed E-state index contributed by atoms with van der Waals surface area (Å²) < 4.78 is 5.55. The van der Waals surface area contributed by atoms with Gasteiger partial charge in [0.05, 0.1) is 5.41 Å². The molecule has 1 aliphatic rings. The molecule has 2 amide bonds. The third kappa shape index (κ3) is 5.53. The van der Waals surface area contributed by atoms with Gasteiger partial charge in [0.1, 0.15) is 12.6 Å². The molecule has 176 valence electrons. The molecule has 0 saturated carbocycles. The molecule has 0 bridgehead atoms. The van der Waals surface area contributed by atoms with Crippen molar-refractivity contribution in [2.45, 2.75) is 46.1 Å². The lowest BCUT2D eigenvalue weighted by Crippen LogP contribution is -2.50.